The Morgan fingerprint density at radius 1 is 0.929 bits per heavy atom. The second-order valence-electron chi connectivity index (χ2n) is 9.77. The number of pyridine rings is 1. The monoisotopic (exact) mass is 586 g/mol. The molecular formula is C32H31FN4O4S. The van der Waals surface area contributed by atoms with E-state index in [0.29, 0.717) is 60.8 Å². The van der Waals surface area contributed by atoms with Crippen LogP contribution in [0.15, 0.2) is 91.3 Å². The largest absolute Gasteiger partial charge is 0.492 e. The van der Waals surface area contributed by atoms with Gasteiger partial charge in [0.15, 0.2) is 0 Å². The quantitative estimate of drug-likeness (QED) is 0.302. The molecule has 1 aromatic heterocycles. The van der Waals surface area contributed by atoms with Gasteiger partial charge in [0.2, 0.25) is 0 Å². The van der Waals surface area contributed by atoms with Gasteiger partial charge in [-0.2, -0.15) is 0 Å². The van der Waals surface area contributed by atoms with Crippen LogP contribution >= 0.6 is 0 Å². The van der Waals surface area contributed by atoms with E-state index in [9.17, 15) is 13.8 Å². The van der Waals surface area contributed by atoms with Crippen LogP contribution in [-0.2, 0) is 16.7 Å². The van der Waals surface area contributed by atoms with Gasteiger partial charge in [0.25, 0.3) is 11.8 Å². The number of carbonyl (C=O) groups excluding carboxylic acids is 2. The number of anilines is 1. The summed E-state index contributed by atoms with van der Waals surface area (Å²) in [6, 6.07) is 22.7. The Labute approximate surface area is 246 Å². The van der Waals surface area contributed by atoms with E-state index >= 15 is 4.39 Å². The molecule has 0 radical (unpaired) electrons. The van der Waals surface area contributed by atoms with Crippen molar-refractivity contribution in [1.82, 2.24) is 14.6 Å². The zero-order valence-electron chi connectivity index (χ0n) is 23.2. The number of hydrogen-bond donors (Lipinski definition) is 1. The Balaban J connectivity index is 1.15. The molecule has 1 N–H and O–H groups in total. The molecule has 5 rings (SSSR count). The molecule has 2 amide bonds. The molecule has 42 heavy (non-hydrogen) atoms. The summed E-state index contributed by atoms with van der Waals surface area (Å²) >= 11 is 0. The summed E-state index contributed by atoms with van der Waals surface area (Å²) in [4.78, 5) is 33.7. The molecule has 0 bridgehead atoms. The Morgan fingerprint density at radius 2 is 1.64 bits per heavy atom. The molecule has 1 aliphatic heterocycles. The van der Waals surface area contributed by atoms with Crippen molar-refractivity contribution < 1.29 is 22.9 Å². The summed E-state index contributed by atoms with van der Waals surface area (Å²) in [5, 5.41) is 0. The van der Waals surface area contributed by atoms with Crippen LogP contribution < -0.4 is 14.4 Å². The van der Waals surface area contributed by atoms with Crippen LogP contribution in [0.4, 0.5) is 10.1 Å². The molecule has 3 aromatic carbocycles. The molecule has 10 heteroatoms. The van der Waals surface area contributed by atoms with Crippen molar-refractivity contribution >= 4 is 28.5 Å². The van der Waals surface area contributed by atoms with Crippen LogP contribution in [0.3, 0.4) is 0 Å². The molecule has 1 atom stereocenters. The van der Waals surface area contributed by atoms with Crippen molar-refractivity contribution in [2.75, 3.05) is 37.7 Å². The zero-order chi connectivity index (χ0) is 29.5. The van der Waals surface area contributed by atoms with Gasteiger partial charge in [0.05, 0.1) is 18.6 Å². The Bertz CT molecular complexity index is 1580. The number of nitrogens with zero attached hydrogens (tertiary/aromatic N) is 3. The number of carbonyl (C=O) groups is 2. The first-order valence-electron chi connectivity index (χ1n) is 13.7. The van der Waals surface area contributed by atoms with Gasteiger partial charge >= 0.3 is 0 Å². The molecule has 8 nitrogen and oxygen atoms in total. The van der Waals surface area contributed by atoms with Crippen LogP contribution in [0.2, 0.25) is 0 Å². The Morgan fingerprint density at radius 3 is 2.33 bits per heavy atom. The van der Waals surface area contributed by atoms with Gasteiger partial charge in [0.1, 0.15) is 22.6 Å². The minimum absolute atomic E-state index is 0.225. The fraction of sp³-hybridized carbons (Fsp3) is 0.219. The lowest BCUT2D eigenvalue weighted by Crippen LogP contribution is -2.48. The van der Waals surface area contributed by atoms with Crippen LogP contribution in [0, 0.1) is 5.82 Å². The van der Waals surface area contributed by atoms with E-state index < -0.39 is 22.7 Å². The molecule has 1 saturated heterocycles. The molecule has 0 saturated carbocycles. The third kappa shape index (κ3) is 7.01. The third-order valence-corrected chi connectivity index (χ3v) is 7.97. The lowest BCUT2D eigenvalue weighted by molar-refractivity contribution is 0.0746. The van der Waals surface area contributed by atoms with Crippen molar-refractivity contribution in [1.29, 1.82) is 0 Å². The van der Waals surface area contributed by atoms with Gasteiger partial charge in [0, 0.05) is 60.3 Å². The number of ether oxygens (including phenoxy) is 1. The molecule has 0 aliphatic carbocycles. The fourth-order valence-corrected chi connectivity index (χ4v) is 5.68. The lowest BCUT2D eigenvalue weighted by atomic mass is 10.0. The second kappa shape index (κ2) is 13.4. The van der Waals surface area contributed by atoms with E-state index in [4.69, 9.17) is 4.74 Å². The van der Waals surface area contributed by atoms with Crippen LogP contribution in [-0.4, -0.2) is 58.7 Å². The van der Waals surface area contributed by atoms with Crippen molar-refractivity contribution in [3.63, 3.8) is 0 Å². The van der Waals surface area contributed by atoms with Crippen molar-refractivity contribution in [2.24, 2.45) is 0 Å². The minimum Gasteiger partial charge on any atom is -0.492 e. The molecule has 0 spiro atoms. The summed E-state index contributed by atoms with van der Waals surface area (Å²) in [5.74, 6) is -0.326. The average molecular weight is 587 g/mol. The number of piperazine rings is 1. The number of halogens is 1. The highest BCUT2D eigenvalue weighted by atomic mass is 32.2. The highest BCUT2D eigenvalue weighted by Gasteiger charge is 2.23. The summed E-state index contributed by atoms with van der Waals surface area (Å²) in [6.07, 6.45) is 3.14. The highest BCUT2D eigenvalue weighted by molar-refractivity contribution is 7.82. The predicted molar refractivity (Wildman–Crippen MR) is 161 cm³/mol. The molecule has 1 aliphatic rings. The molecule has 216 valence electrons. The summed E-state index contributed by atoms with van der Waals surface area (Å²) in [7, 11) is -1.53. The SMILES string of the molecule is CCOc1cncc(-c2ccc(C(=O)N3CCN(c4ccc(C(=O)NS(=O)Cc5ccccc5)cc4)CC3)cc2F)c1. The standard InChI is InChI=1S/C32H31FN4O4S/c1-2-41-28-18-26(20-34-21-28)29-13-10-25(19-30(29)33)32(39)37-16-14-36(15-17-37)27-11-8-24(9-12-27)31(38)35-42(40)22-23-6-4-3-5-7-23/h3-13,18-21H,2,14-17,22H2,1H3,(H,35,38). The number of hydrogen-bond acceptors (Lipinski definition) is 6. The first-order chi connectivity index (χ1) is 20.4. The fourth-order valence-electron chi connectivity index (χ4n) is 4.79. The maximum Gasteiger partial charge on any atom is 0.262 e. The van der Waals surface area contributed by atoms with Crippen molar-refractivity contribution in [3.05, 3.63) is 114 Å². The van der Waals surface area contributed by atoms with Crippen LogP contribution in [0.5, 0.6) is 5.75 Å². The van der Waals surface area contributed by atoms with Crippen LogP contribution in [0.25, 0.3) is 11.1 Å². The van der Waals surface area contributed by atoms with Gasteiger partial charge in [-0.15, -0.1) is 0 Å². The summed E-state index contributed by atoms with van der Waals surface area (Å²) in [6.45, 7) is 4.48. The van der Waals surface area contributed by atoms with Gasteiger partial charge in [-0.25, -0.2) is 8.60 Å². The first kappa shape index (κ1) is 28.9. The normalized spacial score (nSPS) is 13.9. The summed E-state index contributed by atoms with van der Waals surface area (Å²) < 4.78 is 35.4. The number of rotatable bonds is 9. The van der Waals surface area contributed by atoms with Crippen molar-refractivity contribution in [2.45, 2.75) is 12.7 Å². The number of amides is 2. The van der Waals surface area contributed by atoms with Gasteiger partial charge < -0.3 is 14.5 Å². The molecular weight excluding hydrogens is 555 g/mol. The Kier molecular flexibility index (Phi) is 9.23. The number of benzene rings is 3. The summed E-state index contributed by atoms with van der Waals surface area (Å²) in [5.41, 5.74) is 3.44. The topological polar surface area (TPSA) is 91.8 Å². The van der Waals surface area contributed by atoms with E-state index in [1.54, 1.807) is 47.6 Å². The minimum atomic E-state index is -1.53. The highest BCUT2D eigenvalue weighted by Crippen LogP contribution is 2.27. The van der Waals surface area contributed by atoms with Crippen LogP contribution in [0.1, 0.15) is 33.2 Å². The average Bonchev–Trinajstić information content (AvgIpc) is 3.01. The Hall–Kier alpha value is -4.57. The molecule has 4 aromatic rings. The molecule has 2 heterocycles. The van der Waals surface area contributed by atoms with Gasteiger partial charge in [-0.3, -0.25) is 19.3 Å². The van der Waals surface area contributed by atoms with E-state index in [1.807, 2.05) is 49.4 Å². The van der Waals surface area contributed by atoms with Crippen molar-refractivity contribution in [3.8, 4) is 16.9 Å². The first-order valence-corrected chi connectivity index (χ1v) is 15.0. The molecule has 1 fully saturated rings. The number of aromatic nitrogens is 1. The molecule has 1 unspecified atom stereocenters. The maximum absolute atomic E-state index is 15.0. The zero-order valence-corrected chi connectivity index (χ0v) is 24.0. The third-order valence-electron chi connectivity index (χ3n) is 6.96. The van der Waals surface area contributed by atoms with E-state index in [2.05, 4.69) is 14.6 Å². The predicted octanol–water partition coefficient (Wildman–Crippen LogP) is 4.84. The van der Waals surface area contributed by atoms with Gasteiger partial charge in [-0.05, 0) is 55.0 Å². The number of nitrogens with one attached hydrogen (secondary N) is 1. The second-order valence-corrected chi connectivity index (χ2v) is 11.0. The van der Waals surface area contributed by atoms with Gasteiger partial charge in [-0.1, -0.05) is 36.4 Å². The smallest absolute Gasteiger partial charge is 0.262 e. The lowest BCUT2D eigenvalue weighted by Gasteiger charge is -2.36. The van der Waals surface area contributed by atoms with E-state index in [0.717, 1.165) is 11.3 Å². The van der Waals surface area contributed by atoms with E-state index in [1.165, 1.54) is 6.07 Å². The van der Waals surface area contributed by atoms with E-state index in [-0.39, 0.29) is 11.7 Å². The maximum atomic E-state index is 15.0.